The van der Waals surface area contributed by atoms with E-state index >= 15 is 0 Å². The molecule has 11 nitrogen and oxygen atoms in total. The Morgan fingerprint density at radius 1 is 1.06 bits per heavy atom. The third-order valence-corrected chi connectivity index (χ3v) is 11.1. The number of ether oxygens (including phenoxy) is 1. The number of hydrogen-bond acceptors (Lipinski definition) is 9. The lowest BCUT2D eigenvalue weighted by Gasteiger charge is -2.47. The summed E-state index contributed by atoms with van der Waals surface area (Å²) in [5, 5.41) is 9.34. The van der Waals surface area contributed by atoms with Gasteiger partial charge in [-0.1, -0.05) is 12.1 Å². The van der Waals surface area contributed by atoms with Crippen LogP contribution in [0.5, 0.6) is 5.75 Å². The second-order valence-corrected chi connectivity index (χ2v) is 14.1. The Hall–Kier alpha value is -4.85. The van der Waals surface area contributed by atoms with Crippen molar-refractivity contribution in [1.82, 2.24) is 24.6 Å². The number of anilines is 4. The van der Waals surface area contributed by atoms with Crippen LogP contribution in [0.15, 0.2) is 55.1 Å². The Morgan fingerprint density at radius 2 is 1.82 bits per heavy atom. The molecule has 4 aromatic rings. The van der Waals surface area contributed by atoms with Crippen molar-refractivity contribution in [2.75, 3.05) is 55.2 Å². The lowest BCUT2D eigenvalue weighted by molar-refractivity contribution is -0.135. The molecule has 1 amide bonds. The predicted molar refractivity (Wildman–Crippen MR) is 185 cm³/mol. The number of carbonyl (C=O) groups is 1. The summed E-state index contributed by atoms with van der Waals surface area (Å²) in [7, 11) is 3.51. The molecule has 1 saturated carbocycles. The molecule has 1 aliphatic carbocycles. The van der Waals surface area contributed by atoms with E-state index in [-0.39, 0.29) is 16.9 Å². The number of benzene rings is 2. The molecule has 2 aromatic heterocycles. The van der Waals surface area contributed by atoms with Crippen LogP contribution >= 0.6 is 0 Å². The topological polar surface area (TPSA) is 101 Å². The number of halogens is 3. The Balaban J connectivity index is 1.03. The van der Waals surface area contributed by atoms with Gasteiger partial charge < -0.3 is 19.9 Å². The van der Waals surface area contributed by atoms with Crippen LogP contribution in [0.4, 0.5) is 36.2 Å². The Labute approximate surface area is 294 Å². The van der Waals surface area contributed by atoms with Crippen LogP contribution in [-0.4, -0.2) is 76.6 Å². The van der Waals surface area contributed by atoms with Gasteiger partial charge in [0.05, 0.1) is 37.6 Å². The number of piperidine rings is 2. The molecular weight excluding hydrogens is 661 g/mol. The van der Waals surface area contributed by atoms with Crippen LogP contribution < -0.4 is 20.0 Å². The molecule has 1 N–H and O–H groups in total. The van der Waals surface area contributed by atoms with Gasteiger partial charge in [0.15, 0.2) is 17.5 Å². The Kier molecular flexibility index (Phi) is 8.73. The molecule has 51 heavy (non-hydrogen) atoms. The van der Waals surface area contributed by atoms with Gasteiger partial charge in [0.2, 0.25) is 5.91 Å². The fourth-order valence-electron chi connectivity index (χ4n) is 7.90. The maximum Gasteiger partial charge on any atom is 0.228 e. The first-order chi connectivity index (χ1) is 24.7. The molecule has 3 atom stereocenters. The van der Waals surface area contributed by atoms with E-state index in [2.05, 4.69) is 25.3 Å². The van der Waals surface area contributed by atoms with E-state index in [1.165, 1.54) is 17.5 Å². The number of amides is 1. The Bertz CT molecular complexity index is 1920. The largest absolute Gasteiger partial charge is 0.494 e. The van der Waals surface area contributed by atoms with Crippen molar-refractivity contribution in [2.24, 2.45) is 18.4 Å². The SMILES string of the molecule is COc1cc(N2CCC3(CCN(C(=O)[C@H]4C[C@H]4F)CC3)CC2)c(-c2cnn(C)c2)cc1Nc1cc(N2OCC[C@@H]2c2cccc(F)c2F)ncn1. The number of hydrogen-bond donors (Lipinski definition) is 1. The number of rotatable bonds is 8. The summed E-state index contributed by atoms with van der Waals surface area (Å²) in [6.07, 6.45) is 8.99. The van der Waals surface area contributed by atoms with Crippen molar-refractivity contribution in [2.45, 2.75) is 50.7 Å². The van der Waals surface area contributed by atoms with E-state index in [9.17, 15) is 18.0 Å². The number of aromatic nitrogens is 4. The average molecular weight is 703 g/mol. The van der Waals surface area contributed by atoms with E-state index in [4.69, 9.17) is 9.57 Å². The van der Waals surface area contributed by atoms with Gasteiger partial charge in [0.1, 0.15) is 24.1 Å². The van der Waals surface area contributed by atoms with Crippen molar-refractivity contribution in [1.29, 1.82) is 0 Å². The maximum atomic E-state index is 14.8. The smallest absolute Gasteiger partial charge is 0.228 e. The third-order valence-electron chi connectivity index (χ3n) is 11.1. The van der Waals surface area contributed by atoms with E-state index in [1.807, 2.05) is 36.5 Å². The summed E-state index contributed by atoms with van der Waals surface area (Å²) < 4.78 is 50.1. The van der Waals surface area contributed by atoms with Gasteiger partial charge in [-0.25, -0.2) is 28.2 Å². The average Bonchev–Trinajstić information content (AvgIpc) is 3.46. The summed E-state index contributed by atoms with van der Waals surface area (Å²) in [4.78, 5) is 31.6. The lowest BCUT2D eigenvalue weighted by Crippen LogP contribution is -2.48. The highest BCUT2D eigenvalue weighted by Crippen LogP contribution is 2.47. The highest BCUT2D eigenvalue weighted by Gasteiger charge is 2.47. The van der Waals surface area contributed by atoms with Gasteiger partial charge in [-0.05, 0) is 49.7 Å². The standard InChI is InChI=1S/C37H41F3N8O3/c1-45-21-23(20-43-45)25-17-29(44-33-19-34(42-22-41-33)48-30(6-15-51-48)24-4-3-5-27(38)35(24)40)32(50-2)18-31(25)46-11-7-37(8-12-46)9-13-47(14-10-37)36(49)26-16-28(26)39/h3-5,17-22,26,28,30H,6-16H2,1-2H3,(H,41,42,44)/t26-,28+,30+/m0/s1. The number of nitrogens with zero attached hydrogens (tertiary/aromatic N) is 7. The molecule has 1 spiro atoms. The number of methoxy groups -OCH3 is 1. The van der Waals surface area contributed by atoms with E-state index in [1.54, 1.807) is 23.9 Å². The second kappa shape index (κ2) is 13.4. The Morgan fingerprint density at radius 3 is 2.53 bits per heavy atom. The van der Waals surface area contributed by atoms with Crippen LogP contribution in [0.1, 0.15) is 50.1 Å². The fraction of sp³-hybridized carbons (Fsp3) is 0.459. The molecule has 3 aliphatic heterocycles. The van der Waals surface area contributed by atoms with Gasteiger partial charge in [-0.15, -0.1) is 0 Å². The van der Waals surface area contributed by atoms with Crippen molar-refractivity contribution in [3.05, 3.63) is 72.3 Å². The molecule has 14 heteroatoms. The van der Waals surface area contributed by atoms with E-state index in [0.29, 0.717) is 55.6 Å². The van der Waals surface area contributed by atoms with Crippen molar-refractivity contribution in [3.8, 4) is 16.9 Å². The summed E-state index contributed by atoms with van der Waals surface area (Å²) in [6.45, 7) is 3.44. The molecule has 5 heterocycles. The summed E-state index contributed by atoms with van der Waals surface area (Å²) in [5.74, 6) is -0.751. The van der Waals surface area contributed by atoms with Gasteiger partial charge in [0, 0.05) is 80.4 Å². The number of nitrogens with one attached hydrogen (secondary N) is 1. The molecule has 8 rings (SSSR count). The zero-order valence-electron chi connectivity index (χ0n) is 28.7. The number of carbonyl (C=O) groups excluding carboxylic acids is 1. The maximum absolute atomic E-state index is 14.8. The minimum absolute atomic E-state index is 0.0114. The highest BCUT2D eigenvalue weighted by molar-refractivity contribution is 5.86. The first kappa shape index (κ1) is 33.3. The third kappa shape index (κ3) is 6.45. The second-order valence-electron chi connectivity index (χ2n) is 14.1. The molecular formula is C37H41F3N8O3. The number of likely N-dealkylation sites (tertiary alicyclic amines) is 1. The monoisotopic (exact) mass is 702 g/mol. The molecule has 3 saturated heterocycles. The summed E-state index contributed by atoms with van der Waals surface area (Å²) in [6, 6.07) is 9.37. The van der Waals surface area contributed by atoms with Crippen LogP contribution in [0.3, 0.4) is 0 Å². The predicted octanol–water partition coefficient (Wildman–Crippen LogP) is 6.36. The number of alkyl halides is 1. The number of hydroxylamine groups is 1. The van der Waals surface area contributed by atoms with Gasteiger partial charge in [-0.3, -0.25) is 14.3 Å². The van der Waals surface area contributed by atoms with Gasteiger partial charge >= 0.3 is 0 Å². The zero-order chi connectivity index (χ0) is 35.3. The van der Waals surface area contributed by atoms with Crippen molar-refractivity contribution < 1.29 is 27.5 Å². The summed E-state index contributed by atoms with van der Waals surface area (Å²) in [5.41, 5.74) is 4.01. The molecule has 2 aromatic carbocycles. The molecule has 0 radical (unpaired) electrons. The first-order valence-corrected chi connectivity index (χ1v) is 17.6. The minimum atomic E-state index is -0.958. The highest BCUT2D eigenvalue weighted by atomic mass is 19.2. The van der Waals surface area contributed by atoms with Crippen LogP contribution in [-0.2, 0) is 16.7 Å². The normalized spacial score (nSPS) is 22.8. The zero-order valence-corrected chi connectivity index (χ0v) is 28.7. The van der Waals surface area contributed by atoms with Crippen LogP contribution in [0.2, 0.25) is 0 Å². The molecule has 268 valence electrons. The lowest BCUT2D eigenvalue weighted by atomic mass is 9.71. The van der Waals surface area contributed by atoms with Crippen LogP contribution in [0, 0.1) is 23.0 Å². The van der Waals surface area contributed by atoms with Crippen molar-refractivity contribution >= 4 is 28.9 Å². The minimum Gasteiger partial charge on any atom is -0.494 e. The molecule has 4 aliphatic rings. The molecule has 4 fully saturated rings. The number of aryl methyl sites for hydroxylation is 1. The first-order valence-electron chi connectivity index (χ1n) is 17.6. The quantitative estimate of drug-likeness (QED) is 0.225. The molecule has 0 unspecified atom stereocenters. The molecule has 0 bridgehead atoms. The fourth-order valence-corrected chi connectivity index (χ4v) is 7.90. The van der Waals surface area contributed by atoms with Crippen molar-refractivity contribution in [3.63, 3.8) is 0 Å². The van der Waals surface area contributed by atoms with Crippen LogP contribution in [0.25, 0.3) is 11.1 Å². The summed E-state index contributed by atoms with van der Waals surface area (Å²) >= 11 is 0. The van der Waals surface area contributed by atoms with E-state index < -0.39 is 29.8 Å². The van der Waals surface area contributed by atoms with Gasteiger partial charge in [-0.2, -0.15) is 5.10 Å². The van der Waals surface area contributed by atoms with E-state index in [0.717, 1.165) is 61.7 Å². The van der Waals surface area contributed by atoms with Gasteiger partial charge in [0.25, 0.3) is 0 Å².